The molecule has 0 radical (unpaired) electrons. The molecule has 0 aliphatic carbocycles. The molecule has 2 aliphatic heterocycles. The van der Waals surface area contributed by atoms with E-state index < -0.39 is 24.0 Å². The number of halogens is 3. The Kier molecular flexibility index (Phi) is 4.44. The fraction of sp³-hybridized carbons (Fsp3) is 0.556. The van der Waals surface area contributed by atoms with Crippen molar-refractivity contribution in [3.8, 4) is 0 Å². The Morgan fingerprint density at radius 2 is 2.00 bits per heavy atom. The average molecular weight is 426 g/mol. The van der Waals surface area contributed by atoms with Gasteiger partial charge in [0.2, 0.25) is 5.95 Å². The van der Waals surface area contributed by atoms with Crippen LogP contribution >= 0.6 is 0 Å². The van der Waals surface area contributed by atoms with Gasteiger partial charge in [-0.25, -0.2) is 9.97 Å². The lowest BCUT2D eigenvalue weighted by Crippen LogP contribution is -2.73. The van der Waals surface area contributed by atoms with Crippen molar-refractivity contribution in [2.75, 3.05) is 30.3 Å². The van der Waals surface area contributed by atoms with Crippen LogP contribution in [0.25, 0.3) is 16.7 Å². The molecule has 2 fully saturated rings. The Morgan fingerprint density at radius 1 is 1.21 bits per heavy atom. The minimum Gasteiger partial charge on any atom is -0.598 e. The van der Waals surface area contributed by atoms with E-state index in [-0.39, 0.29) is 11.3 Å². The van der Waals surface area contributed by atoms with E-state index in [0.29, 0.717) is 13.1 Å². The molecule has 0 aromatic carbocycles. The number of anilines is 1. The largest absolute Gasteiger partial charge is 0.598 e. The predicted molar refractivity (Wildman–Crippen MR) is 104 cm³/mol. The number of hydrogen-bond donors (Lipinski definition) is 1. The van der Waals surface area contributed by atoms with Gasteiger partial charge in [-0.15, -0.1) is 4.31 Å². The summed E-state index contributed by atoms with van der Waals surface area (Å²) in [4.78, 5) is 14.4. The number of imidazole rings is 1. The third kappa shape index (κ3) is 3.24. The lowest BCUT2D eigenvalue weighted by atomic mass is 9.81. The van der Waals surface area contributed by atoms with Gasteiger partial charge in [-0.3, -0.25) is 4.40 Å². The van der Waals surface area contributed by atoms with Crippen LogP contribution < -0.4 is 4.90 Å². The molecule has 7 nitrogen and oxygen atoms in total. The second kappa shape index (κ2) is 6.78. The molecular weight excluding hydrogens is 405 g/mol. The molecule has 2 saturated heterocycles. The van der Waals surface area contributed by atoms with E-state index in [1.807, 2.05) is 12.3 Å². The van der Waals surface area contributed by atoms with Gasteiger partial charge in [-0.05, 0) is 25.3 Å². The van der Waals surface area contributed by atoms with Crippen LogP contribution in [0.4, 0.5) is 19.1 Å². The van der Waals surface area contributed by atoms with Crippen molar-refractivity contribution in [3.05, 3.63) is 24.7 Å². The third-order valence-corrected chi connectivity index (χ3v) is 7.31. The van der Waals surface area contributed by atoms with Crippen molar-refractivity contribution in [3.63, 3.8) is 0 Å². The lowest BCUT2D eigenvalue weighted by Gasteiger charge is -2.56. The van der Waals surface area contributed by atoms with Crippen molar-refractivity contribution in [2.45, 2.75) is 37.4 Å². The van der Waals surface area contributed by atoms with Gasteiger partial charge in [0.1, 0.15) is 5.75 Å². The number of H-pyrrole nitrogens is 1. The normalized spacial score (nSPS) is 21.2. The Bertz CT molecular complexity index is 1030. The second-order valence-electron chi connectivity index (χ2n) is 7.81. The average Bonchev–Trinajstić information content (AvgIpc) is 3.29. The summed E-state index contributed by atoms with van der Waals surface area (Å²) in [5.74, 6) is 0.439. The summed E-state index contributed by atoms with van der Waals surface area (Å²) in [7, 11) is 0. The first-order chi connectivity index (χ1) is 13.9. The number of piperidine rings is 1. The van der Waals surface area contributed by atoms with Gasteiger partial charge < -0.3 is 14.4 Å². The highest BCUT2D eigenvalue weighted by atomic mass is 32.2. The molecule has 1 atom stereocenters. The van der Waals surface area contributed by atoms with E-state index in [1.165, 1.54) is 0 Å². The van der Waals surface area contributed by atoms with Gasteiger partial charge in [-0.2, -0.15) is 13.2 Å². The Hall–Kier alpha value is -1.98. The monoisotopic (exact) mass is 426 g/mol. The summed E-state index contributed by atoms with van der Waals surface area (Å²) in [5.41, 5.74) is 2.35. The highest BCUT2D eigenvalue weighted by Gasteiger charge is 2.54. The fourth-order valence-electron chi connectivity index (χ4n) is 4.47. The van der Waals surface area contributed by atoms with Gasteiger partial charge >= 0.3 is 6.18 Å². The molecule has 1 spiro atoms. The summed E-state index contributed by atoms with van der Waals surface area (Å²) in [6, 6.07) is 1.95. The molecule has 2 aliphatic rings. The van der Waals surface area contributed by atoms with E-state index >= 15 is 0 Å². The predicted octanol–water partition coefficient (Wildman–Crippen LogP) is 2.87. The molecule has 3 aromatic rings. The molecule has 0 amide bonds. The van der Waals surface area contributed by atoms with Crippen LogP contribution in [0.5, 0.6) is 0 Å². The summed E-state index contributed by atoms with van der Waals surface area (Å²) in [5, 5.41) is 0. The fourth-order valence-corrected chi connectivity index (χ4v) is 5.91. The number of aromatic nitrogens is 4. The molecule has 1 N–H and O–H groups in total. The van der Waals surface area contributed by atoms with E-state index in [1.54, 1.807) is 16.7 Å². The maximum Gasteiger partial charge on any atom is 0.393 e. The number of nitrogens with zero attached hydrogens (tertiary/aromatic N) is 5. The summed E-state index contributed by atoms with van der Waals surface area (Å²) in [6.45, 7) is 1.80. The summed E-state index contributed by atoms with van der Waals surface area (Å²) < 4.78 is 53.5. The quantitative estimate of drug-likeness (QED) is 0.650. The number of nitrogens with one attached hydrogen (secondary N) is 1. The van der Waals surface area contributed by atoms with E-state index in [9.17, 15) is 17.7 Å². The van der Waals surface area contributed by atoms with Gasteiger partial charge in [-0.1, -0.05) is 0 Å². The number of aromatic amines is 1. The first kappa shape index (κ1) is 19.0. The molecule has 0 saturated carbocycles. The molecule has 5 rings (SSSR count). The standard InChI is InChI=1S/C18H21F3N6OS/c19-18(20,21)5-8-29(28)25-11-17(12-25)4-1-2-7-26(17)16-24-10-13-9-23-15-14(27(13)16)3-6-22-15/h3,6,9-10,22H,1-2,4-5,7-8,11-12H2. The number of rotatable bonds is 4. The van der Waals surface area contributed by atoms with Crippen LogP contribution in [-0.2, 0) is 11.4 Å². The van der Waals surface area contributed by atoms with Crippen molar-refractivity contribution >= 4 is 34.0 Å². The van der Waals surface area contributed by atoms with Crippen LogP contribution in [0.1, 0.15) is 25.7 Å². The zero-order valence-corrected chi connectivity index (χ0v) is 16.5. The minimum atomic E-state index is -4.28. The van der Waals surface area contributed by atoms with Crippen molar-refractivity contribution < 1.29 is 17.7 Å². The summed E-state index contributed by atoms with van der Waals surface area (Å²) >= 11 is -1.61. The van der Waals surface area contributed by atoms with Gasteiger partial charge in [0.25, 0.3) is 0 Å². The molecule has 3 aromatic heterocycles. The number of hydrogen-bond acceptors (Lipinski definition) is 5. The molecular formula is C18H21F3N6OS. The maximum atomic E-state index is 12.5. The van der Waals surface area contributed by atoms with Crippen LogP contribution in [0.2, 0.25) is 0 Å². The van der Waals surface area contributed by atoms with Crippen molar-refractivity contribution in [1.82, 2.24) is 23.7 Å². The topological polar surface area (TPSA) is 75.5 Å². The lowest BCUT2D eigenvalue weighted by molar-refractivity contribution is -0.130. The molecule has 156 valence electrons. The highest BCUT2D eigenvalue weighted by molar-refractivity contribution is 7.89. The Morgan fingerprint density at radius 3 is 2.79 bits per heavy atom. The van der Waals surface area contributed by atoms with Gasteiger partial charge in [0.15, 0.2) is 5.65 Å². The van der Waals surface area contributed by atoms with Gasteiger partial charge in [0.05, 0.1) is 48.5 Å². The zero-order chi connectivity index (χ0) is 20.2. The molecule has 11 heteroatoms. The molecule has 5 heterocycles. The van der Waals surface area contributed by atoms with Crippen LogP contribution in [0, 0.1) is 0 Å². The van der Waals surface area contributed by atoms with E-state index in [2.05, 4.69) is 24.3 Å². The zero-order valence-electron chi connectivity index (χ0n) is 15.7. The smallest absolute Gasteiger partial charge is 0.393 e. The Balaban J connectivity index is 1.41. The van der Waals surface area contributed by atoms with Gasteiger partial charge in [0, 0.05) is 24.1 Å². The first-order valence-corrected chi connectivity index (χ1v) is 10.9. The van der Waals surface area contributed by atoms with Crippen molar-refractivity contribution in [2.24, 2.45) is 0 Å². The maximum absolute atomic E-state index is 12.5. The Labute approximate surface area is 168 Å². The van der Waals surface area contributed by atoms with Crippen LogP contribution in [-0.4, -0.2) is 65.3 Å². The number of fused-ring (bicyclic) bond motifs is 3. The molecule has 29 heavy (non-hydrogen) atoms. The van der Waals surface area contributed by atoms with Crippen molar-refractivity contribution in [1.29, 1.82) is 0 Å². The minimum absolute atomic E-state index is 0.237. The molecule has 1 unspecified atom stereocenters. The molecule has 0 bridgehead atoms. The SMILES string of the molecule is [O-][S+](CCC(F)(F)F)N1CC2(CCCCN2c2ncc3cnc4[nH]ccc4n23)C1. The van der Waals surface area contributed by atoms with E-state index in [4.69, 9.17) is 0 Å². The van der Waals surface area contributed by atoms with Crippen LogP contribution in [0.3, 0.4) is 0 Å². The summed E-state index contributed by atoms with van der Waals surface area (Å²) in [6.07, 6.45) is 3.08. The highest BCUT2D eigenvalue weighted by Crippen LogP contribution is 2.41. The third-order valence-electron chi connectivity index (χ3n) is 5.92. The number of alkyl halides is 3. The van der Waals surface area contributed by atoms with Crippen LogP contribution in [0.15, 0.2) is 24.7 Å². The second-order valence-corrected chi connectivity index (χ2v) is 9.38. The first-order valence-electron chi connectivity index (χ1n) is 9.64. The van der Waals surface area contributed by atoms with E-state index in [0.717, 1.165) is 48.4 Å².